The highest BCUT2D eigenvalue weighted by Gasteiger charge is 2.18. The number of rotatable bonds is 5. The van der Waals surface area contributed by atoms with Gasteiger partial charge >= 0.3 is 10.1 Å². The molecule has 0 atom stereocenters. The molecule has 0 saturated carbocycles. The molecule has 0 amide bonds. The minimum absolute atomic E-state index is 0.0336. The lowest BCUT2D eigenvalue weighted by Crippen LogP contribution is -2.10. The van der Waals surface area contributed by atoms with Crippen LogP contribution in [0.4, 0.5) is 0 Å². The Labute approximate surface area is 147 Å². The number of aromatic nitrogens is 2. The van der Waals surface area contributed by atoms with E-state index in [1.54, 1.807) is 53.5 Å². The number of halogens is 1. The molecule has 8 heteroatoms. The van der Waals surface area contributed by atoms with Gasteiger partial charge in [0.05, 0.1) is 17.3 Å². The predicted octanol–water partition coefficient (Wildman–Crippen LogP) is 3.41. The van der Waals surface area contributed by atoms with Crippen LogP contribution in [0.1, 0.15) is 0 Å². The second-order valence-corrected chi connectivity index (χ2v) is 7.18. The van der Waals surface area contributed by atoms with Crippen LogP contribution in [0.25, 0.3) is 5.69 Å². The molecule has 0 unspecified atom stereocenters. The fourth-order valence-electron chi connectivity index (χ4n) is 2.05. The molecule has 1 aromatic heterocycles. The fraction of sp³-hybridized carbons (Fsp3) is 0.0625. The Hall–Kier alpha value is -2.32. The van der Waals surface area contributed by atoms with E-state index in [4.69, 9.17) is 8.92 Å². The summed E-state index contributed by atoms with van der Waals surface area (Å²) in [5.41, 5.74) is 0.803. The van der Waals surface area contributed by atoms with E-state index in [1.807, 2.05) is 0 Å². The number of ether oxygens (including phenoxy) is 1. The summed E-state index contributed by atoms with van der Waals surface area (Å²) >= 11 is 3.26. The number of nitrogens with zero attached hydrogens (tertiary/aromatic N) is 2. The summed E-state index contributed by atoms with van der Waals surface area (Å²) in [6.45, 7) is 0. The number of hydrogen-bond acceptors (Lipinski definition) is 5. The van der Waals surface area contributed by atoms with Crippen molar-refractivity contribution in [3.8, 4) is 17.2 Å². The Morgan fingerprint density at radius 3 is 2.46 bits per heavy atom. The standard InChI is InChI=1S/C16H13BrN2O4S/c1-22-16-8-7-14(11-15(16)17)24(20,21)23-13-5-3-12(4-6-13)19-10-2-9-18-19/h2-11H,1H3. The summed E-state index contributed by atoms with van der Waals surface area (Å²) in [6.07, 6.45) is 3.46. The first kappa shape index (κ1) is 16.5. The van der Waals surface area contributed by atoms with Gasteiger partial charge in [0.1, 0.15) is 16.4 Å². The van der Waals surface area contributed by atoms with Crippen molar-refractivity contribution < 1.29 is 17.3 Å². The molecule has 3 aromatic rings. The van der Waals surface area contributed by atoms with Gasteiger partial charge < -0.3 is 8.92 Å². The van der Waals surface area contributed by atoms with Gasteiger partial charge in [-0.25, -0.2) is 4.68 Å². The summed E-state index contributed by atoms with van der Waals surface area (Å²) in [4.78, 5) is 0.0336. The number of methoxy groups -OCH3 is 1. The van der Waals surface area contributed by atoms with Crippen LogP contribution >= 0.6 is 15.9 Å². The molecule has 1 heterocycles. The molecule has 24 heavy (non-hydrogen) atoms. The number of hydrogen-bond donors (Lipinski definition) is 0. The van der Waals surface area contributed by atoms with Crippen LogP contribution in [0, 0.1) is 0 Å². The molecule has 2 aromatic carbocycles. The monoisotopic (exact) mass is 408 g/mol. The lowest BCUT2D eigenvalue weighted by molar-refractivity contribution is 0.411. The molecule has 0 spiro atoms. The molecule has 0 aliphatic carbocycles. The first-order chi connectivity index (χ1) is 11.5. The second kappa shape index (κ2) is 6.66. The summed E-state index contributed by atoms with van der Waals surface area (Å²) < 4.78 is 37.2. The van der Waals surface area contributed by atoms with Crippen molar-refractivity contribution in [1.82, 2.24) is 9.78 Å². The zero-order valence-electron chi connectivity index (χ0n) is 12.6. The van der Waals surface area contributed by atoms with Crippen molar-refractivity contribution in [2.24, 2.45) is 0 Å². The molecular formula is C16H13BrN2O4S. The molecule has 0 aliphatic rings. The molecule has 124 valence electrons. The van der Waals surface area contributed by atoms with Crippen LogP contribution in [0.5, 0.6) is 11.5 Å². The highest BCUT2D eigenvalue weighted by Crippen LogP contribution is 2.29. The molecule has 0 N–H and O–H groups in total. The normalized spacial score (nSPS) is 11.2. The van der Waals surface area contributed by atoms with Crippen molar-refractivity contribution in [3.05, 3.63) is 65.4 Å². The zero-order valence-corrected chi connectivity index (χ0v) is 15.0. The molecule has 3 rings (SSSR count). The van der Waals surface area contributed by atoms with Gasteiger partial charge in [-0.3, -0.25) is 0 Å². The Morgan fingerprint density at radius 1 is 1.12 bits per heavy atom. The van der Waals surface area contributed by atoms with E-state index in [1.165, 1.54) is 19.2 Å². The third kappa shape index (κ3) is 3.44. The average Bonchev–Trinajstić information content (AvgIpc) is 3.09. The maximum Gasteiger partial charge on any atom is 0.339 e. The average molecular weight is 409 g/mol. The predicted molar refractivity (Wildman–Crippen MR) is 92.1 cm³/mol. The van der Waals surface area contributed by atoms with Gasteiger partial charge in [0.25, 0.3) is 0 Å². The minimum atomic E-state index is -3.94. The molecule has 0 radical (unpaired) electrons. The van der Waals surface area contributed by atoms with Crippen molar-refractivity contribution in [2.45, 2.75) is 4.90 Å². The summed E-state index contributed by atoms with van der Waals surface area (Å²) in [6, 6.07) is 12.8. The fourth-order valence-corrected chi connectivity index (χ4v) is 3.70. The van der Waals surface area contributed by atoms with Crippen molar-refractivity contribution in [3.63, 3.8) is 0 Å². The van der Waals surface area contributed by atoms with E-state index in [0.29, 0.717) is 10.2 Å². The summed E-state index contributed by atoms with van der Waals surface area (Å²) in [5.74, 6) is 0.760. The maximum atomic E-state index is 12.4. The third-order valence-electron chi connectivity index (χ3n) is 3.22. The largest absolute Gasteiger partial charge is 0.496 e. The zero-order chi connectivity index (χ0) is 17.2. The van der Waals surface area contributed by atoms with Crippen LogP contribution in [-0.2, 0) is 10.1 Å². The van der Waals surface area contributed by atoms with Gasteiger partial charge in [0.2, 0.25) is 0 Å². The van der Waals surface area contributed by atoms with Gasteiger partial charge in [-0.05, 0) is 64.5 Å². The van der Waals surface area contributed by atoms with Gasteiger partial charge in [-0.2, -0.15) is 13.5 Å². The van der Waals surface area contributed by atoms with E-state index in [2.05, 4.69) is 21.0 Å². The van der Waals surface area contributed by atoms with Crippen LogP contribution in [0.15, 0.2) is 70.3 Å². The lowest BCUT2D eigenvalue weighted by atomic mass is 10.3. The van der Waals surface area contributed by atoms with Crippen molar-refractivity contribution in [2.75, 3.05) is 7.11 Å². The van der Waals surface area contributed by atoms with Gasteiger partial charge in [-0.1, -0.05) is 0 Å². The van der Waals surface area contributed by atoms with Gasteiger partial charge in [-0.15, -0.1) is 0 Å². The first-order valence-corrected chi connectivity index (χ1v) is 9.08. The second-order valence-electron chi connectivity index (χ2n) is 4.78. The molecule has 0 fully saturated rings. The minimum Gasteiger partial charge on any atom is -0.496 e. The number of benzene rings is 2. The van der Waals surface area contributed by atoms with Crippen molar-refractivity contribution >= 4 is 26.0 Å². The van der Waals surface area contributed by atoms with Gasteiger partial charge in [0.15, 0.2) is 0 Å². The van der Waals surface area contributed by atoms with E-state index < -0.39 is 10.1 Å². The Balaban J connectivity index is 1.83. The molecule has 6 nitrogen and oxygen atoms in total. The first-order valence-electron chi connectivity index (χ1n) is 6.88. The van der Waals surface area contributed by atoms with Crippen LogP contribution in [-0.4, -0.2) is 25.3 Å². The maximum absolute atomic E-state index is 12.4. The SMILES string of the molecule is COc1ccc(S(=O)(=O)Oc2ccc(-n3cccn3)cc2)cc1Br. The van der Waals surface area contributed by atoms with Crippen LogP contribution < -0.4 is 8.92 Å². The van der Waals surface area contributed by atoms with E-state index in [9.17, 15) is 8.42 Å². The highest BCUT2D eigenvalue weighted by atomic mass is 79.9. The van der Waals surface area contributed by atoms with E-state index >= 15 is 0 Å². The van der Waals surface area contributed by atoms with Crippen LogP contribution in [0.3, 0.4) is 0 Å². The molecule has 0 aliphatic heterocycles. The smallest absolute Gasteiger partial charge is 0.339 e. The quantitative estimate of drug-likeness (QED) is 0.604. The molecule has 0 bridgehead atoms. The summed E-state index contributed by atoms with van der Waals surface area (Å²) in [5, 5.41) is 4.10. The Morgan fingerprint density at radius 2 is 1.88 bits per heavy atom. The topological polar surface area (TPSA) is 70.4 Å². The van der Waals surface area contributed by atoms with Crippen LogP contribution in [0.2, 0.25) is 0 Å². The third-order valence-corrected chi connectivity index (χ3v) is 5.09. The molecular weight excluding hydrogens is 396 g/mol. The highest BCUT2D eigenvalue weighted by molar-refractivity contribution is 9.10. The van der Waals surface area contributed by atoms with Gasteiger partial charge in [0, 0.05) is 12.4 Å². The van der Waals surface area contributed by atoms with Crippen molar-refractivity contribution in [1.29, 1.82) is 0 Å². The van der Waals surface area contributed by atoms with E-state index in [-0.39, 0.29) is 10.6 Å². The Bertz CT molecular complexity index is 939. The summed E-state index contributed by atoms with van der Waals surface area (Å²) in [7, 11) is -2.43. The Kier molecular flexibility index (Phi) is 4.59. The lowest BCUT2D eigenvalue weighted by Gasteiger charge is -2.09. The van der Waals surface area contributed by atoms with E-state index in [0.717, 1.165) is 5.69 Å². The molecule has 0 saturated heterocycles.